The van der Waals surface area contributed by atoms with Crippen LogP contribution in [0.15, 0.2) is 29.8 Å². The van der Waals surface area contributed by atoms with Crippen LogP contribution in [0.25, 0.3) is 3.88 Å². The average molecular weight is 297 g/mol. The fourth-order valence-electron chi connectivity index (χ4n) is 1.76. The van der Waals surface area contributed by atoms with E-state index in [4.69, 9.17) is 0 Å². The molecule has 0 spiro atoms. The molecule has 15 heavy (non-hydrogen) atoms. The smallest absolute Gasteiger partial charge is 1.00 e. The Balaban J connectivity index is 0. The van der Waals surface area contributed by atoms with E-state index in [1.165, 1.54) is 20.6 Å². The fourth-order valence-corrected chi connectivity index (χ4v) is 2.46. The van der Waals surface area contributed by atoms with Crippen molar-refractivity contribution in [3.63, 3.8) is 0 Å². The van der Waals surface area contributed by atoms with Gasteiger partial charge in [0.2, 0.25) is 0 Å². The summed E-state index contributed by atoms with van der Waals surface area (Å²) in [4.78, 5) is 0. The van der Waals surface area contributed by atoms with E-state index in [0.29, 0.717) is 5.92 Å². The second kappa shape index (κ2) is 6.98. The van der Waals surface area contributed by atoms with Crippen molar-refractivity contribution in [2.45, 2.75) is 19.8 Å². The molecule has 80 valence electrons. The summed E-state index contributed by atoms with van der Waals surface area (Å²) in [6.45, 7) is 4.52. The molecule has 0 amide bonds. The average Bonchev–Trinajstić information content (AvgIpc) is 2.33. The Morgan fingerprint density at radius 3 is 2.13 bits per heavy atom. The molecule has 0 fully saturated rings. The van der Waals surface area contributed by atoms with Gasteiger partial charge in [0.1, 0.15) is 0 Å². The van der Waals surface area contributed by atoms with Crippen LogP contribution in [0.3, 0.4) is 0 Å². The van der Waals surface area contributed by atoms with Gasteiger partial charge < -0.3 is 37.2 Å². The van der Waals surface area contributed by atoms with Crippen LogP contribution in [0, 0.1) is 0 Å². The van der Waals surface area contributed by atoms with Gasteiger partial charge in [-0.2, -0.15) is 0 Å². The van der Waals surface area contributed by atoms with Crippen LogP contribution in [-0.2, 0) is 20.4 Å². The Morgan fingerprint density at radius 2 is 1.60 bits per heavy atom. The molecule has 0 bridgehead atoms. The molecule has 0 saturated carbocycles. The number of fused-ring (bicyclic) bond motifs is 1. The van der Waals surface area contributed by atoms with E-state index in [-0.39, 0.29) is 37.2 Å². The topological polar surface area (TPSA) is 0 Å². The van der Waals surface area contributed by atoms with E-state index >= 15 is 0 Å². The normalized spacial score (nSPS) is 17.2. The van der Waals surface area contributed by atoms with Gasteiger partial charge in [0.15, 0.2) is 0 Å². The van der Waals surface area contributed by atoms with E-state index in [1.807, 2.05) is 0 Å². The zero-order valence-corrected chi connectivity index (χ0v) is 12.3. The summed E-state index contributed by atoms with van der Waals surface area (Å²) in [5.74, 6) is 0.626. The van der Waals surface area contributed by atoms with Gasteiger partial charge in [0, 0.05) is 0 Å². The number of hydrogen-bond acceptors (Lipinski definition) is 0. The van der Waals surface area contributed by atoms with Crippen LogP contribution in [-0.4, -0.2) is 0 Å². The zero-order valence-electron chi connectivity index (χ0n) is 8.52. The van der Waals surface area contributed by atoms with Crippen molar-refractivity contribution < 1.29 is 57.7 Å². The van der Waals surface area contributed by atoms with Crippen molar-refractivity contribution in [3.05, 3.63) is 41.0 Å². The summed E-state index contributed by atoms with van der Waals surface area (Å²) < 4.78 is 1.47. The van der Waals surface area contributed by atoms with Crippen LogP contribution in [0.4, 0.5) is 0 Å². The summed E-state index contributed by atoms with van der Waals surface area (Å²) in [7, 11) is 0. The van der Waals surface area contributed by atoms with E-state index in [2.05, 4.69) is 58.5 Å². The molecular weight excluding hydrogens is 286 g/mol. The third kappa shape index (κ3) is 3.02. The Kier molecular flexibility index (Phi) is 8.35. The number of hydrogen-bond donors (Lipinski definition) is 0. The maximum atomic E-state index is 2.28. The van der Waals surface area contributed by atoms with Crippen molar-refractivity contribution in [3.8, 4) is 0 Å². The zero-order chi connectivity index (χ0) is 8.72. The monoisotopic (exact) mass is 296 g/mol. The predicted molar refractivity (Wildman–Crippen MR) is 47.5 cm³/mol. The van der Waals surface area contributed by atoms with Crippen LogP contribution in [0.1, 0.15) is 30.9 Å². The van der Waals surface area contributed by atoms with Gasteiger partial charge >= 0.3 is 85.0 Å². The predicted octanol–water partition coefficient (Wildman–Crippen LogP) is -5.91. The largest absolute Gasteiger partial charge is 1.00 e. The van der Waals surface area contributed by atoms with Gasteiger partial charge in [0.25, 0.3) is 0 Å². The summed E-state index contributed by atoms with van der Waals surface area (Å²) in [6.07, 6.45) is 0. The van der Waals surface area contributed by atoms with Gasteiger partial charge in [-0.25, -0.2) is 0 Å². The minimum atomic E-state index is 0. The van der Waals surface area contributed by atoms with Crippen molar-refractivity contribution in [2.75, 3.05) is 0 Å². The number of benzene rings is 1. The van der Waals surface area contributed by atoms with Crippen LogP contribution < -0.4 is 37.2 Å². The Hall–Kier alpha value is 0.544. The molecule has 0 aliphatic heterocycles. The summed E-state index contributed by atoms with van der Waals surface area (Å²) >= 11 is 2.22. The van der Waals surface area contributed by atoms with Crippen molar-refractivity contribution >= 4 is 3.88 Å². The minimum absolute atomic E-state index is 0. The summed E-state index contributed by atoms with van der Waals surface area (Å²) in [6, 6.07) is 8.70. The Morgan fingerprint density at radius 1 is 1.07 bits per heavy atom. The minimum Gasteiger partial charge on any atom is -1.00 e. The molecule has 1 unspecified atom stereocenters. The first-order chi connectivity index (χ1) is 5.72. The summed E-state index contributed by atoms with van der Waals surface area (Å²) in [5.41, 5.74) is 4.46. The van der Waals surface area contributed by atoms with E-state index in [9.17, 15) is 0 Å². The molecule has 0 nitrogen and oxygen atoms in total. The molecule has 1 aliphatic carbocycles. The van der Waals surface area contributed by atoms with Crippen molar-refractivity contribution in [1.29, 1.82) is 0 Å². The van der Waals surface area contributed by atoms with Crippen molar-refractivity contribution in [1.82, 2.24) is 0 Å². The first kappa shape index (κ1) is 17.9. The number of allylic oxidation sites excluding steroid dienone is 1. The molecule has 0 saturated heterocycles. The molecular formula is C11H11Cl3Ti. The molecule has 0 radical (unpaired) electrons. The van der Waals surface area contributed by atoms with E-state index in [0.717, 1.165) is 0 Å². The summed E-state index contributed by atoms with van der Waals surface area (Å²) in [5, 5.41) is 0. The van der Waals surface area contributed by atoms with Crippen LogP contribution in [0.2, 0.25) is 0 Å². The van der Waals surface area contributed by atoms with Crippen molar-refractivity contribution in [2.24, 2.45) is 0 Å². The third-order valence-corrected chi connectivity index (χ3v) is 3.78. The molecule has 4 heteroatoms. The molecule has 1 aromatic carbocycles. The van der Waals surface area contributed by atoms with Gasteiger partial charge in [-0.1, -0.05) is 0 Å². The van der Waals surface area contributed by atoms with Gasteiger partial charge in [-0.05, 0) is 0 Å². The molecule has 0 aromatic heterocycles. The second-order valence-electron chi connectivity index (χ2n) is 3.37. The Bertz CT molecular complexity index is 361. The fraction of sp³-hybridized carbons (Fsp3) is 0.273. The molecule has 1 atom stereocenters. The molecule has 1 aliphatic rings. The van der Waals surface area contributed by atoms with Gasteiger partial charge in [-0.3, -0.25) is 0 Å². The van der Waals surface area contributed by atoms with Crippen LogP contribution in [0.5, 0.6) is 0 Å². The third-order valence-electron chi connectivity index (χ3n) is 2.74. The Labute approximate surface area is 122 Å². The van der Waals surface area contributed by atoms with Gasteiger partial charge in [0.05, 0.1) is 0 Å². The first-order valence-electron chi connectivity index (χ1n) is 4.23. The second-order valence-corrected chi connectivity index (χ2v) is 4.15. The number of halogens is 3. The van der Waals surface area contributed by atoms with Crippen LogP contribution >= 0.6 is 0 Å². The number of rotatable bonds is 0. The maximum absolute atomic E-state index is 2.28. The quantitative estimate of drug-likeness (QED) is 0.419. The molecule has 1 aromatic rings. The SMILES string of the molecule is CC1=[C]([Ti+3])c2ccccc2C1C.[Cl-].[Cl-].[Cl-]. The van der Waals surface area contributed by atoms with E-state index < -0.39 is 0 Å². The van der Waals surface area contributed by atoms with Gasteiger partial charge in [-0.15, -0.1) is 0 Å². The standard InChI is InChI=1S/C11H11.3ClH.Ti/c1-8-7-10-5-3-4-6-11(10)9(8)2;;;;/h3-6,9H,1-2H3;3*1H;/q;;;;+3/p-3. The first-order valence-corrected chi connectivity index (χ1v) is 5.01. The maximum Gasteiger partial charge on any atom is -1.00 e. The van der Waals surface area contributed by atoms with E-state index in [1.54, 1.807) is 0 Å². The molecule has 2 rings (SSSR count). The molecule has 0 heterocycles. The molecule has 0 N–H and O–H groups in total.